The molecule has 1 saturated carbocycles. The van der Waals surface area contributed by atoms with Crippen molar-refractivity contribution in [2.24, 2.45) is 35.5 Å². The van der Waals surface area contributed by atoms with Gasteiger partial charge in [-0.05, 0) is 54.8 Å². The van der Waals surface area contributed by atoms with E-state index in [0.717, 1.165) is 35.5 Å². The van der Waals surface area contributed by atoms with Crippen molar-refractivity contribution in [1.29, 1.82) is 0 Å². The molecule has 6 unspecified atom stereocenters. The average molecular weight is 299 g/mol. The molecule has 21 heavy (non-hydrogen) atoms. The first-order chi connectivity index (χ1) is 9.99. The monoisotopic (exact) mass is 298 g/mol. The summed E-state index contributed by atoms with van der Waals surface area (Å²) >= 11 is 0. The summed E-state index contributed by atoms with van der Waals surface area (Å²) in [5, 5.41) is 0. The van der Waals surface area contributed by atoms with Crippen LogP contribution in [0.4, 0.5) is 0 Å². The van der Waals surface area contributed by atoms with Crippen LogP contribution >= 0.6 is 0 Å². The Kier molecular flexibility index (Phi) is 15.1. The zero-order valence-corrected chi connectivity index (χ0v) is 17.0. The molecule has 0 N–H and O–H groups in total. The van der Waals surface area contributed by atoms with Crippen molar-refractivity contribution in [3.8, 4) is 0 Å². The normalized spacial score (nSPS) is 28.6. The van der Waals surface area contributed by atoms with Crippen molar-refractivity contribution in [2.45, 2.75) is 101 Å². The molecule has 1 aliphatic carbocycles. The molecule has 0 amide bonds. The van der Waals surface area contributed by atoms with E-state index in [2.05, 4.69) is 41.5 Å². The third-order valence-corrected chi connectivity index (χ3v) is 5.48. The van der Waals surface area contributed by atoms with Gasteiger partial charge in [-0.1, -0.05) is 82.1 Å². The van der Waals surface area contributed by atoms with E-state index in [1.165, 1.54) is 32.1 Å². The standard InChI is InChI=1S/C17H34.2C2H6/c1-7-12(3)10-16(14(5)8-2)17-11-13(4)9-15(17)6;2*1-2/h12-17H,7-11H2,1-6H3;2*1-2H3. The van der Waals surface area contributed by atoms with Crippen LogP contribution in [-0.4, -0.2) is 0 Å². The molecule has 0 aliphatic heterocycles. The highest BCUT2D eigenvalue weighted by atomic mass is 14.4. The summed E-state index contributed by atoms with van der Waals surface area (Å²) in [6.07, 6.45) is 7.14. The van der Waals surface area contributed by atoms with Gasteiger partial charge in [0.1, 0.15) is 0 Å². The van der Waals surface area contributed by atoms with Gasteiger partial charge < -0.3 is 0 Å². The summed E-state index contributed by atoms with van der Waals surface area (Å²) < 4.78 is 0. The molecular formula is C21H46. The van der Waals surface area contributed by atoms with Gasteiger partial charge in [-0.15, -0.1) is 0 Å². The highest BCUT2D eigenvalue weighted by molar-refractivity contribution is 4.86. The summed E-state index contributed by atoms with van der Waals surface area (Å²) in [6.45, 7) is 22.6. The predicted octanol–water partition coefficient (Wildman–Crippen LogP) is 7.82. The van der Waals surface area contributed by atoms with Gasteiger partial charge in [0.2, 0.25) is 0 Å². The smallest absolute Gasteiger partial charge is 0.0355 e. The fraction of sp³-hybridized carbons (Fsp3) is 1.00. The van der Waals surface area contributed by atoms with E-state index in [4.69, 9.17) is 0 Å². The summed E-state index contributed by atoms with van der Waals surface area (Å²) in [5.74, 6) is 5.76. The van der Waals surface area contributed by atoms with E-state index in [-0.39, 0.29) is 0 Å². The summed E-state index contributed by atoms with van der Waals surface area (Å²) in [5.41, 5.74) is 0. The van der Waals surface area contributed by atoms with E-state index in [9.17, 15) is 0 Å². The summed E-state index contributed by atoms with van der Waals surface area (Å²) in [4.78, 5) is 0. The van der Waals surface area contributed by atoms with Crippen LogP contribution in [0.1, 0.15) is 101 Å². The van der Waals surface area contributed by atoms with Crippen LogP contribution in [0.5, 0.6) is 0 Å². The fourth-order valence-corrected chi connectivity index (χ4v) is 3.96. The van der Waals surface area contributed by atoms with Gasteiger partial charge in [-0.2, -0.15) is 0 Å². The van der Waals surface area contributed by atoms with Crippen molar-refractivity contribution >= 4 is 0 Å². The summed E-state index contributed by atoms with van der Waals surface area (Å²) in [6, 6.07) is 0. The van der Waals surface area contributed by atoms with Gasteiger partial charge in [-0.25, -0.2) is 0 Å². The average Bonchev–Trinajstić information content (AvgIpc) is 2.86. The molecular weight excluding hydrogens is 252 g/mol. The lowest BCUT2D eigenvalue weighted by molar-refractivity contribution is 0.161. The number of hydrogen-bond donors (Lipinski definition) is 0. The Bertz CT molecular complexity index is 208. The largest absolute Gasteiger partial charge is 0.0683 e. The second-order valence-electron chi connectivity index (χ2n) is 7.02. The maximum atomic E-state index is 2.50. The van der Waals surface area contributed by atoms with Gasteiger partial charge in [0.15, 0.2) is 0 Å². The molecule has 1 aliphatic rings. The van der Waals surface area contributed by atoms with Gasteiger partial charge in [0.25, 0.3) is 0 Å². The molecule has 0 aromatic carbocycles. The van der Waals surface area contributed by atoms with Crippen molar-refractivity contribution < 1.29 is 0 Å². The van der Waals surface area contributed by atoms with E-state index < -0.39 is 0 Å². The van der Waals surface area contributed by atoms with Crippen LogP contribution in [0.3, 0.4) is 0 Å². The first-order valence-corrected chi connectivity index (χ1v) is 9.99. The van der Waals surface area contributed by atoms with E-state index in [1.807, 2.05) is 27.7 Å². The van der Waals surface area contributed by atoms with Crippen LogP contribution in [-0.2, 0) is 0 Å². The fourth-order valence-electron chi connectivity index (χ4n) is 3.96. The SMILES string of the molecule is CC.CC.CCC(C)CC(C(C)CC)C1CC(C)CC1C. The Hall–Kier alpha value is 0. The zero-order valence-electron chi connectivity index (χ0n) is 17.0. The minimum Gasteiger partial charge on any atom is -0.0683 e. The maximum absolute atomic E-state index is 2.50. The third-order valence-electron chi connectivity index (χ3n) is 5.48. The first-order valence-electron chi connectivity index (χ1n) is 9.99. The highest BCUT2D eigenvalue weighted by Gasteiger charge is 2.36. The van der Waals surface area contributed by atoms with Crippen molar-refractivity contribution in [3.05, 3.63) is 0 Å². The molecule has 0 bridgehead atoms. The Morgan fingerprint density at radius 3 is 1.71 bits per heavy atom. The molecule has 130 valence electrons. The Balaban J connectivity index is 0. The molecule has 0 radical (unpaired) electrons. The molecule has 0 heterocycles. The number of hydrogen-bond acceptors (Lipinski definition) is 0. The van der Waals surface area contributed by atoms with E-state index >= 15 is 0 Å². The van der Waals surface area contributed by atoms with Crippen LogP contribution in [0.25, 0.3) is 0 Å². The minimum absolute atomic E-state index is 0.914. The third kappa shape index (κ3) is 8.27. The molecule has 0 aromatic rings. The lowest BCUT2D eigenvalue weighted by atomic mass is 9.72. The van der Waals surface area contributed by atoms with E-state index in [0.29, 0.717) is 0 Å². The van der Waals surface area contributed by atoms with Crippen LogP contribution < -0.4 is 0 Å². The quantitative estimate of drug-likeness (QED) is 0.469. The van der Waals surface area contributed by atoms with Crippen molar-refractivity contribution in [2.75, 3.05) is 0 Å². The Morgan fingerprint density at radius 2 is 1.38 bits per heavy atom. The Labute approximate surface area is 137 Å². The van der Waals surface area contributed by atoms with Gasteiger partial charge in [0.05, 0.1) is 0 Å². The minimum atomic E-state index is 0.914. The highest BCUT2D eigenvalue weighted by Crippen LogP contribution is 2.45. The lowest BCUT2D eigenvalue weighted by Crippen LogP contribution is -2.25. The predicted molar refractivity (Wildman–Crippen MR) is 101 cm³/mol. The van der Waals surface area contributed by atoms with Crippen LogP contribution in [0.15, 0.2) is 0 Å². The topological polar surface area (TPSA) is 0 Å². The Morgan fingerprint density at radius 1 is 0.857 bits per heavy atom. The maximum Gasteiger partial charge on any atom is -0.0355 e. The summed E-state index contributed by atoms with van der Waals surface area (Å²) in [7, 11) is 0. The van der Waals surface area contributed by atoms with Crippen LogP contribution in [0, 0.1) is 35.5 Å². The second kappa shape index (κ2) is 13.6. The molecule has 0 spiro atoms. The van der Waals surface area contributed by atoms with Crippen molar-refractivity contribution in [1.82, 2.24) is 0 Å². The molecule has 1 fully saturated rings. The first kappa shape index (κ1) is 23.3. The molecule has 0 heteroatoms. The van der Waals surface area contributed by atoms with Gasteiger partial charge in [-0.3, -0.25) is 0 Å². The van der Waals surface area contributed by atoms with Gasteiger partial charge in [0, 0.05) is 0 Å². The van der Waals surface area contributed by atoms with Gasteiger partial charge >= 0.3 is 0 Å². The second-order valence-corrected chi connectivity index (χ2v) is 7.02. The lowest BCUT2D eigenvalue weighted by Gasteiger charge is -2.33. The zero-order chi connectivity index (χ0) is 17.0. The van der Waals surface area contributed by atoms with E-state index in [1.54, 1.807) is 0 Å². The molecule has 0 nitrogen and oxygen atoms in total. The molecule has 0 saturated heterocycles. The number of rotatable bonds is 6. The molecule has 1 rings (SSSR count). The van der Waals surface area contributed by atoms with Crippen molar-refractivity contribution in [3.63, 3.8) is 0 Å². The molecule has 0 aromatic heterocycles. The molecule has 6 atom stereocenters. The van der Waals surface area contributed by atoms with Crippen LogP contribution in [0.2, 0.25) is 0 Å².